The Morgan fingerprint density at radius 1 is 1.14 bits per heavy atom. The number of hydrogen-bond acceptors (Lipinski definition) is 3. The summed E-state index contributed by atoms with van der Waals surface area (Å²) in [6.07, 6.45) is 2.21. The molecule has 0 aliphatic rings. The van der Waals surface area contributed by atoms with E-state index in [1.807, 2.05) is 0 Å². The van der Waals surface area contributed by atoms with E-state index < -0.39 is 0 Å². The van der Waals surface area contributed by atoms with Gasteiger partial charge in [0.15, 0.2) is 0 Å². The van der Waals surface area contributed by atoms with Crippen LogP contribution in [-0.2, 0) is 18.4 Å². The Morgan fingerprint density at radius 3 is 2.41 bits per heavy atom. The van der Waals surface area contributed by atoms with E-state index in [0.717, 1.165) is 37.3 Å². The van der Waals surface area contributed by atoms with E-state index in [4.69, 9.17) is 0 Å². The fourth-order valence-corrected chi connectivity index (χ4v) is 2.66. The molecule has 2 N–H and O–H groups in total. The fraction of sp³-hybridized carbons (Fsp3) is 0.647. The van der Waals surface area contributed by atoms with Gasteiger partial charge in [0.1, 0.15) is 0 Å². The zero-order chi connectivity index (χ0) is 16.3. The average molecular weight is 303 g/mol. The molecule has 0 radical (unpaired) electrons. The normalized spacial score (nSPS) is 12.3. The fourth-order valence-electron chi connectivity index (χ4n) is 2.66. The van der Waals surface area contributed by atoms with Gasteiger partial charge in [0.2, 0.25) is 0 Å². The third-order valence-electron chi connectivity index (χ3n) is 4.09. The number of nitrogens with one attached hydrogen (secondary N) is 2. The maximum absolute atomic E-state index is 4.42. The maximum Gasteiger partial charge on any atom is 0.0678 e. The molecule has 0 saturated heterocycles. The minimum absolute atomic E-state index is 0.101. The number of nitrogens with zero attached hydrogens (tertiary/aromatic N) is 3. The lowest BCUT2D eigenvalue weighted by Gasteiger charge is -2.16. The van der Waals surface area contributed by atoms with Crippen molar-refractivity contribution in [2.24, 2.45) is 0 Å². The monoisotopic (exact) mass is 303 g/mol. The first-order valence-corrected chi connectivity index (χ1v) is 8.01. The van der Waals surface area contributed by atoms with Crippen molar-refractivity contribution in [1.82, 2.24) is 25.3 Å². The lowest BCUT2D eigenvalue weighted by molar-refractivity contribution is 0.318. The summed E-state index contributed by atoms with van der Waals surface area (Å²) in [7, 11) is 2.16. The van der Waals surface area contributed by atoms with Crippen molar-refractivity contribution in [3.8, 4) is 0 Å². The molecule has 2 aromatic rings. The van der Waals surface area contributed by atoms with Crippen LogP contribution >= 0.6 is 0 Å². The van der Waals surface area contributed by atoms with Gasteiger partial charge in [-0.05, 0) is 51.9 Å². The molecule has 0 fully saturated rings. The highest BCUT2D eigenvalue weighted by Crippen LogP contribution is 2.20. The minimum Gasteiger partial charge on any atom is -0.301 e. The molecule has 2 heterocycles. The number of hydrogen-bond donors (Lipinski definition) is 2. The molecular formula is C17H29N5. The second kappa shape index (κ2) is 6.65. The predicted molar refractivity (Wildman–Crippen MR) is 90.0 cm³/mol. The van der Waals surface area contributed by atoms with E-state index in [1.54, 1.807) is 0 Å². The molecule has 0 atom stereocenters. The third-order valence-corrected chi connectivity index (χ3v) is 4.09. The lowest BCUT2D eigenvalue weighted by Crippen LogP contribution is -2.20. The summed E-state index contributed by atoms with van der Waals surface area (Å²) in [6, 6.07) is 2.18. The van der Waals surface area contributed by atoms with Gasteiger partial charge in [-0.15, -0.1) is 0 Å². The summed E-state index contributed by atoms with van der Waals surface area (Å²) in [6.45, 7) is 12.7. The zero-order valence-electron chi connectivity index (χ0n) is 14.7. The molecule has 122 valence electrons. The van der Waals surface area contributed by atoms with Gasteiger partial charge in [-0.3, -0.25) is 10.2 Å². The van der Waals surface area contributed by atoms with Gasteiger partial charge < -0.3 is 4.90 Å². The van der Waals surface area contributed by atoms with Crippen LogP contribution in [0, 0.1) is 13.8 Å². The Hall–Kier alpha value is -1.62. The second-order valence-corrected chi connectivity index (χ2v) is 7.28. The largest absolute Gasteiger partial charge is 0.301 e. The van der Waals surface area contributed by atoms with Crippen LogP contribution in [0.1, 0.15) is 55.5 Å². The molecule has 0 aromatic carbocycles. The molecule has 0 spiro atoms. The van der Waals surface area contributed by atoms with Crippen molar-refractivity contribution in [2.45, 2.75) is 59.4 Å². The minimum atomic E-state index is 0.101. The van der Waals surface area contributed by atoms with Gasteiger partial charge >= 0.3 is 0 Å². The molecule has 0 aliphatic carbocycles. The summed E-state index contributed by atoms with van der Waals surface area (Å²) in [4.78, 5) is 2.34. The Bertz CT molecular complexity index is 583. The van der Waals surface area contributed by atoms with Crippen molar-refractivity contribution in [3.05, 3.63) is 34.4 Å². The quantitative estimate of drug-likeness (QED) is 0.862. The Morgan fingerprint density at radius 2 is 1.86 bits per heavy atom. The number of aryl methyl sites for hydroxylation is 2. The van der Waals surface area contributed by atoms with E-state index in [-0.39, 0.29) is 5.41 Å². The maximum atomic E-state index is 4.42. The number of aromatic amines is 2. The third kappa shape index (κ3) is 4.19. The molecule has 0 aliphatic heterocycles. The molecule has 2 rings (SSSR count). The second-order valence-electron chi connectivity index (χ2n) is 7.28. The van der Waals surface area contributed by atoms with Crippen LogP contribution in [-0.4, -0.2) is 38.9 Å². The van der Waals surface area contributed by atoms with Gasteiger partial charge in [-0.1, -0.05) is 20.8 Å². The van der Waals surface area contributed by atoms with E-state index in [9.17, 15) is 0 Å². The van der Waals surface area contributed by atoms with E-state index in [2.05, 4.69) is 73.0 Å². The molecule has 5 nitrogen and oxygen atoms in total. The molecule has 22 heavy (non-hydrogen) atoms. The van der Waals surface area contributed by atoms with Gasteiger partial charge in [-0.2, -0.15) is 10.2 Å². The van der Waals surface area contributed by atoms with Crippen molar-refractivity contribution in [2.75, 3.05) is 13.6 Å². The van der Waals surface area contributed by atoms with E-state index in [0.29, 0.717) is 0 Å². The molecule has 5 heteroatoms. The highest BCUT2D eigenvalue weighted by molar-refractivity contribution is 5.23. The average Bonchev–Trinajstić information content (AvgIpc) is 2.99. The number of aromatic nitrogens is 4. The topological polar surface area (TPSA) is 60.6 Å². The first kappa shape index (κ1) is 16.7. The predicted octanol–water partition coefficient (Wildman–Crippen LogP) is 3.11. The standard InChI is InChI=1S/C17H29N5/c1-12-15(13(2)19-18-12)8-7-9-22(6)11-14-10-16(21-20-14)17(3,4)5/h10H,7-9,11H2,1-6H3,(H,18,19)(H,20,21). The van der Waals surface area contributed by atoms with Crippen LogP contribution in [0.15, 0.2) is 6.07 Å². The molecule has 0 unspecified atom stereocenters. The van der Waals surface area contributed by atoms with Gasteiger partial charge in [0, 0.05) is 23.3 Å². The van der Waals surface area contributed by atoms with Crippen LogP contribution in [0.3, 0.4) is 0 Å². The molecule has 2 aromatic heterocycles. The van der Waals surface area contributed by atoms with Crippen LogP contribution in [0.25, 0.3) is 0 Å². The molecule has 0 amide bonds. The Labute approximate surface area is 133 Å². The SMILES string of the molecule is Cc1n[nH]c(C)c1CCCN(C)Cc1cc(C(C)(C)C)n[nH]1. The summed E-state index contributed by atoms with van der Waals surface area (Å²) >= 11 is 0. The van der Waals surface area contributed by atoms with Crippen LogP contribution in [0.4, 0.5) is 0 Å². The van der Waals surface area contributed by atoms with Crippen LogP contribution < -0.4 is 0 Å². The molecule has 0 bridgehead atoms. The first-order valence-electron chi connectivity index (χ1n) is 8.01. The van der Waals surface area contributed by atoms with Crippen LogP contribution in [0.5, 0.6) is 0 Å². The van der Waals surface area contributed by atoms with Gasteiger partial charge in [0.05, 0.1) is 11.4 Å². The van der Waals surface area contributed by atoms with Crippen molar-refractivity contribution >= 4 is 0 Å². The molecular weight excluding hydrogens is 274 g/mol. The Kier molecular flexibility index (Phi) is 5.06. The lowest BCUT2D eigenvalue weighted by atomic mass is 9.92. The smallest absolute Gasteiger partial charge is 0.0678 e. The summed E-state index contributed by atoms with van der Waals surface area (Å²) in [5.41, 5.74) is 6.10. The zero-order valence-corrected chi connectivity index (χ0v) is 14.7. The number of H-pyrrole nitrogens is 2. The van der Waals surface area contributed by atoms with Crippen molar-refractivity contribution < 1.29 is 0 Å². The van der Waals surface area contributed by atoms with Crippen LogP contribution in [0.2, 0.25) is 0 Å². The summed E-state index contributed by atoms with van der Waals surface area (Å²) in [5.74, 6) is 0. The summed E-state index contributed by atoms with van der Waals surface area (Å²) < 4.78 is 0. The number of rotatable bonds is 6. The highest BCUT2D eigenvalue weighted by Gasteiger charge is 2.17. The first-order chi connectivity index (χ1) is 10.3. The molecule has 0 saturated carbocycles. The van der Waals surface area contributed by atoms with Gasteiger partial charge in [-0.25, -0.2) is 0 Å². The van der Waals surface area contributed by atoms with Crippen molar-refractivity contribution in [3.63, 3.8) is 0 Å². The Balaban J connectivity index is 1.81. The van der Waals surface area contributed by atoms with E-state index >= 15 is 0 Å². The van der Waals surface area contributed by atoms with Crippen molar-refractivity contribution in [1.29, 1.82) is 0 Å². The van der Waals surface area contributed by atoms with Gasteiger partial charge in [0.25, 0.3) is 0 Å². The van der Waals surface area contributed by atoms with E-state index in [1.165, 1.54) is 17.0 Å². The highest BCUT2D eigenvalue weighted by atomic mass is 15.2. The summed E-state index contributed by atoms with van der Waals surface area (Å²) in [5, 5.41) is 14.9.